The van der Waals surface area contributed by atoms with E-state index in [4.69, 9.17) is 4.74 Å². The molecule has 1 aliphatic heterocycles. The number of carbonyl (C=O) groups excluding carboxylic acids is 1. The van der Waals surface area contributed by atoms with Gasteiger partial charge in [-0.1, -0.05) is 6.92 Å². The molecule has 0 saturated carbocycles. The third-order valence-electron chi connectivity index (χ3n) is 3.99. The first-order valence-corrected chi connectivity index (χ1v) is 9.02. The lowest BCUT2D eigenvalue weighted by Crippen LogP contribution is -2.53. The zero-order chi connectivity index (χ0) is 17.9. The number of methoxy groups -OCH3 is 1. The number of sulfonamides is 1. The summed E-state index contributed by atoms with van der Waals surface area (Å²) in [6.45, 7) is 2.31. The number of carbonyl (C=O) groups is 1. The molecule has 6 nitrogen and oxygen atoms in total. The molecule has 0 radical (unpaired) electrons. The number of nitrogens with zero attached hydrogens (tertiary/aromatic N) is 2. The molecule has 1 atom stereocenters. The lowest BCUT2D eigenvalue weighted by Gasteiger charge is -2.35. The summed E-state index contributed by atoms with van der Waals surface area (Å²) >= 11 is 0. The Morgan fingerprint density at radius 2 is 1.88 bits per heavy atom. The number of rotatable bonds is 5. The van der Waals surface area contributed by atoms with Crippen LogP contribution in [-0.2, 0) is 19.6 Å². The van der Waals surface area contributed by atoms with E-state index in [1.54, 1.807) is 0 Å². The zero-order valence-electron chi connectivity index (χ0n) is 13.5. The third kappa shape index (κ3) is 3.73. The van der Waals surface area contributed by atoms with Crippen molar-refractivity contribution in [1.29, 1.82) is 0 Å². The Morgan fingerprint density at radius 1 is 1.25 bits per heavy atom. The van der Waals surface area contributed by atoms with E-state index in [9.17, 15) is 22.0 Å². The van der Waals surface area contributed by atoms with Crippen LogP contribution >= 0.6 is 0 Å². The number of ether oxygens (including phenoxy) is 1. The highest BCUT2D eigenvalue weighted by Gasteiger charge is 2.33. The summed E-state index contributed by atoms with van der Waals surface area (Å²) in [6, 6.07) is 2.35. The van der Waals surface area contributed by atoms with Gasteiger partial charge in [0.15, 0.2) is 0 Å². The topological polar surface area (TPSA) is 66.9 Å². The van der Waals surface area contributed by atoms with E-state index in [-0.39, 0.29) is 32.1 Å². The predicted octanol–water partition coefficient (Wildman–Crippen LogP) is 1.22. The van der Waals surface area contributed by atoms with E-state index in [1.807, 2.05) is 6.92 Å². The molecule has 0 aliphatic carbocycles. The lowest BCUT2D eigenvalue weighted by molar-refractivity contribution is -0.143. The van der Waals surface area contributed by atoms with Crippen molar-refractivity contribution in [3.05, 3.63) is 29.8 Å². The quantitative estimate of drug-likeness (QED) is 0.790. The summed E-state index contributed by atoms with van der Waals surface area (Å²) in [5.41, 5.74) is 0. The number of halogens is 2. The maximum atomic E-state index is 13.8. The molecule has 0 spiro atoms. The molecule has 2 rings (SSSR count). The minimum atomic E-state index is -4.07. The Kier molecular flexibility index (Phi) is 5.89. The van der Waals surface area contributed by atoms with Gasteiger partial charge in [0.25, 0.3) is 5.91 Å². The van der Waals surface area contributed by atoms with Crippen molar-refractivity contribution in [2.75, 3.05) is 33.3 Å². The minimum absolute atomic E-state index is 0.0467. The summed E-state index contributed by atoms with van der Waals surface area (Å²) < 4.78 is 57.9. The van der Waals surface area contributed by atoms with Gasteiger partial charge in [0.1, 0.15) is 22.6 Å². The van der Waals surface area contributed by atoms with Crippen LogP contribution in [0.2, 0.25) is 0 Å². The fourth-order valence-corrected chi connectivity index (χ4v) is 4.09. The van der Waals surface area contributed by atoms with E-state index >= 15 is 0 Å². The molecule has 1 aliphatic rings. The molecule has 134 valence electrons. The molecule has 24 heavy (non-hydrogen) atoms. The Labute approximate surface area is 140 Å². The van der Waals surface area contributed by atoms with Gasteiger partial charge in [-0.05, 0) is 18.6 Å². The van der Waals surface area contributed by atoms with Crippen LogP contribution in [-0.4, -0.2) is 62.9 Å². The van der Waals surface area contributed by atoms with Crippen molar-refractivity contribution >= 4 is 15.9 Å². The van der Waals surface area contributed by atoms with Crippen LogP contribution in [0.1, 0.15) is 13.3 Å². The third-order valence-corrected chi connectivity index (χ3v) is 5.92. The summed E-state index contributed by atoms with van der Waals surface area (Å²) in [4.78, 5) is 13.2. The number of benzene rings is 1. The van der Waals surface area contributed by atoms with Gasteiger partial charge in [0.05, 0.1) is 0 Å². The molecule has 0 aromatic heterocycles. The van der Waals surface area contributed by atoms with Crippen LogP contribution in [0.3, 0.4) is 0 Å². The highest BCUT2D eigenvalue weighted by molar-refractivity contribution is 7.89. The molecule has 1 fully saturated rings. The second kappa shape index (κ2) is 7.54. The molecule has 1 heterocycles. The minimum Gasteiger partial charge on any atom is -0.372 e. The summed E-state index contributed by atoms with van der Waals surface area (Å²) in [6.07, 6.45) is -0.0306. The highest BCUT2D eigenvalue weighted by Crippen LogP contribution is 2.21. The smallest absolute Gasteiger partial charge is 0.251 e. The van der Waals surface area contributed by atoms with Crippen molar-refractivity contribution in [1.82, 2.24) is 9.21 Å². The SMILES string of the molecule is CCC(OC)C(=O)N1CCN(S(=O)(=O)c2ccc(F)cc2F)CC1. The Hall–Kier alpha value is -1.58. The molecule has 9 heteroatoms. The zero-order valence-corrected chi connectivity index (χ0v) is 14.4. The molecule has 1 saturated heterocycles. The molecule has 0 bridgehead atoms. The molecule has 1 amide bonds. The van der Waals surface area contributed by atoms with Gasteiger partial charge in [-0.25, -0.2) is 17.2 Å². The number of hydrogen-bond acceptors (Lipinski definition) is 4. The highest BCUT2D eigenvalue weighted by atomic mass is 32.2. The van der Waals surface area contributed by atoms with Gasteiger partial charge < -0.3 is 9.64 Å². The molecule has 1 aromatic rings. The van der Waals surface area contributed by atoms with Gasteiger partial charge in [-0.3, -0.25) is 4.79 Å². The average molecular weight is 362 g/mol. The van der Waals surface area contributed by atoms with Crippen LogP contribution < -0.4 is 0 Å². The van der Waals surface area contributed by atoms with Crippen molar-refractivity contribution < 1.29 is 26.7 Å². The normalized spacial score (nSPS) is 17.8. The van der Waals surface area contributed by atoms with Crippen LogP contribution in [0, 0.1) is 11.6 Å². The summed E-state index contributed by atoms with van der Waals surface area (Å²) in [5.74, 6) is -2.16. The second-order valence-corrected chi connectivity index (χ2v) is 7.34. The Balaban J connectivity index is 2.10. The predicted molar refractivity (Wildman–Crippen MR) is 82.8 cm³/mol. The van der Waals surface area contributed by atoms with E-state index < -0.39 is 32.7 Å². The molecular weight excluding hydrogens is 342 g/mol. The fraction of sp³-hybridized carbons (Fsp3) is 0.533. The average Bonchev–Trinajstić information content (AvgIpc) is 2.55. The fourth-order valence-electron chi connectivity index (χ4n) is 2.62. The summed E-state index contributed by atoms with van der Waals surface area (Å²) in [7, 11) is -2.62. The van der Waals surface area contributed by atoms with E-state index in [2.05, 4.69) is 0 Å². The van der Waals surface area contributed by atoms with Crippen molar-refractivity contribution in [3.8, 4) is 0 Å². The first-order valence-electron chi connectivity index (χ1n) is 7.58. The van der Waals surface area contributed by atoms with Crippen molar-refractivity contribution in [2.45, 2.75) is 24.3 Å². The number of amides is 1. The van der Waals surface area contributed by atoms with E-state index in [0.717, 1.165) is 16.4 Å². The number of piperazine rings is 1. The molecule has 1 aromatic carbocycles. The van der Waals surface area contributed by atoms with E-state index in [0.29, 0.717) is 12.5 Å². The second-order valence-electron chi connectivity index (χ2n) is 5.44. The first kappa shape index (κ1) is 18.8. The largest absolute Gasteiger partial charge is 0.372 e. The lowest BCUT2D eigenvalue weighted by atomic mass is 10.2. The molecule has 0 N–H and O–H groups in total. The summed E-state index contributed by atoms with van der Waals surface area (Å²) in [5, 5.41) is 0. The first-order chi connectivity index (χ1) is 11.3. The van der Waals surface area contributed by atoms with E-state index in [1.165, 1.54) is 12.0 Å². The van der Waals surface area contributed by atoms with Crippen molar-refractivity contribution in [3.63, 3.8) is 0 Å². The number of hydrogen-bond donors (Lipinski definition) is 0. The van der Waals surface area contributed by atoms with Gasteiger partial charge in [0.2, 0.25) is 10.0 Å². The van der Waals surface area contributed by atoms with Gasteiger partial charge >= 0.3 is 0 Å². The van der Waals surface area contributed by atoms with Gasteiger partial charge in [-0.2, -0.15) is 4.31 Å². The van der Waals surface area contributed by atoms with Crippen LogP contribution in [0.15, 0.2) is 23.1 Å². The van der Waals surface area contributed by atoms with Gasteiger partial charge in [-0.15, -0.1) is 0 Å². The Morgan fingerprint density at radius 3 is 2.38 bits per heavy atom. The maximum Gasteiger partial charge on any atom is 0.251 e. The van der Waals surface area contributed by atoms with Crippen LogP contribution in [0.4, 0.5) is 8.78 Å². The maximum absolute atomic E-state index is 13.8. The van der Waals surface area contributed by atoms with Gasteiger partial charge in [0, 0.05) is 39.4 Å². The van der Waals surface area contributed by atoms with Crippen molar-refractivity contribution in [2.24, 2.45) is 0 Å². The standard InChI is InChI=1S/C15H20F2N2O4S/c1-3-13(23-2)15(20)18-6-8-19(9-7-18)24(21,22)14-5-4-11(16)10-12(14)17/h4-5,10,13H,3,6-9H2,1-2H3. The van der Waals surface area contributed by atoms with Crippen LogP contribution in [0.25, 0.3) is 0 Å². The monoisotopic (exact) mass is 362 g/mol. The molecule has 1 unspecified atom stereocenters. The Bertz CT molecular complexity index is 699. The van der Waals surface area contributed by atoms with Crippen LogP contribution in [0.5, 0.6) is 0 Å². The molecular formula is C15H20F2N2O4S.